The number of rotatable bonds is 5. The Bertz CT molecular complexity index is 448. The first-order valence-electron chi connectivity index (χ1n) is 6.55. The Kier molecular flexibility index (Phi) is 4.22. The average Bonchev–Trinajstić information content (AvgIpc) is 2.81. The van der Waals surface area contributed by atoms with Gasteiger partial charge < -0.3 is 10.1 Å². The van der Waals surface area contributed by atoms with Crippen molar-refractivity contribution in [3.05, 3.63) is 29.3 Å². The van der Waals surface area contributed by atoms with Crippen molar-refractivity contribution >= 4 is 0 Å². The van der Waals surface area contributed by atoms with Crippen LogP contribution in [0.2, 0.25) is 0 Å². The molecule has 0 aromatic heterocycles. The standard InChI is InChI=1S/C15H20N2O/c1-11(2)14(8-16)10-17-9-12-3-4-15-13(7-12)5-6-18-15/h3-4,7,11,14,17H,5-6,9-10H2,1-2H3. The van der Waals surface area contributed by atoms with Crippen molar-refractivity contribution in [1.82, 2.24) is 5.32 Å². The van der Waals surface area contributed by atoms with Crippen LogP contribution >= 0.6 is 0 Å². The molecule has 2 rings (SSSR count). The monoisotopic (exact) mass is 244 g/mol. The highest BCUT2D eigenvalue weighted by Gasteiger charge is 2.13. The van der Waals surface area contributed by atoms with Gasteiger partial charge in [0.1, 0.15) is 5.75 Å². The fourth-order valence-electron chi connectivity index (χ4n) is 2.15. The van der Waals surface area contributed by atoms with Crippen molar-refractivity contribution in [2.75, 3.05) is 13.2 Å². The van der Waals surface area contributed by atoms with E-state index in [4.69, 9.17) is 10.00 Å². The van der Waals surface area contributed by atoms with Crippen LogP contribution in [0.15, 0.2) is 18.2 Å². The van der Waals surface area contributed by atoms with E-state index in [1.807, 2.05) is 6.07 Å². The minimum Gasteiger partial charge on any atom is -0.493 e. The molecule has 0 aliphatic carbocycles. The van der Waals surface area contributed by atoms with Gasteiger partial charge in [-0.1, -0.05) is 26.0 Å². The predicted octanol–water partition coefficient (Wildman–Crippen LogP) is 2.51. The topological polar surface area (TPSA) is 45.0 Å². The molecule has 1 aliphatic heterocycles. The molecular weight excluding hydrogens is 224 g/mol. The lowest BCUT2D eigenvalue weighted by Crippen LogP contribution is -2.24. The summed E-state index contributed by atoms with van der Waals surface area (Å²) in [7, 11) is 0. The summed E-state index contributed by atoms with van der Waals surface area (Å²) in [5, 5.41) is 12.4. The molecular formula is C15H20N2O. The van der Waals surface area contributed by atoms with Gasteiger partial charge in [0, 0.05) is 19.5 Å². The highest BCUT2D eigenvalue weighted by molar-refractivity contribution is 5.39. The Labute approximate surface area is 109 Å². The van der Waals surface area contributed by atoms with E-state index in [-0.39, 0.29) is 5.92 Å². The van der Waals surface area contributed by atoms with Crippen LogP contribution in [0.1, 0.15) is 25.0 Å². The summed E-state index contributed by atoms with van der Waals surface area (Å²) in [6, 6.07) is 8.68. The Morgan fingerprint density at radius 1 is 1.44 bits per heavy atom. The van der Waals surface area contributed by atoms with E-state index in [9.17, 15) is 0 Å². The normalized spacial score (nSPS) is 15.0. The lowest BCUT2D eigenvalue weighted by molar-refractivity contribution is 0.357. The molecule has 1 heterocycles. The number of nitrogens with zero attached hydrogens (tertiary/aromatic N) is 1. The van der Waals surface area contributed by atoms with E-state index in [2.05, 4.69) is 37.4 Å². The molecule has 1 aromatic rings. The van der Waals surface area contributed by atoms with E-state index in [1.54, 1.807) is 0 Å². The second-order valence-electron chi connectivity index (χ2n) is 5.15. The first-order chi connectivity index (χ1) is 8.70. The highest BCUT2D eigenvalue weighted by Crippen LogP contribution is 2.25. The van der Waals surface area contributed by atoms with E-state index in [0.717, 1.165) is 31.9 Å². The van der Waals surface area contributed by atoms with E-state index in [0.29, 0.717) is 5.92 Å². The third kappa shape index (κ3) is 3.02. The number of ether oxygens (including phenoxy) is 1. The lowest BCUT2D eigenvalue weighted by Gasteiger charge is -2.13. The van der Waals surface area contributed by atoms with Crippen molar-refractivity contribution in [1.29, 1.82) is 5.26 Å². The maximum absolute atomic E-state index is 9.01. The molecule has 0 radical (unpaired) electrons. The molecule has 1 aliphatic rings. The van der Waals surface area contributed by atoms with Crippen LogP contribution in [0.4, 0.5) is 0 Å². The number of benzene rings is 1. The smallest absolute Gasteiger partial charge is 0.122 e. The summed E-state index contributed by atoms with van der Waals surface area (Å²) in [5.41, 5.74) is 2.56. The van der Waals surface area contributed by atoms with Crippen LogP contribution in [-0.2, 0) is 13.0 Å². The van der Waals surface area contributed by atoms with Crippen LogP contribution in [0, 0.1) is 23.2 Å². The minimum atomic E-state index is 0.0859. The molecule has 3 nitrogen and oxygen atoms in total. The molecule has 0 saturated carbocycles. The van der Waals surface area contributed by atoms with Gasteiger partial charge in [-0.2, -0.15) is 5.26 Å². The quantitative estimate of drug-likeness (QED) is 0.865. The Hall–Kier alpha value is -1.53. The third-order valence-electron chi connectivity index (χ3n) is 3.42. The third-order valence-corrected chi connectivity index (χ3v) is 3.42. The van der Waals surface area contributed by atoms with Crippen LogP contribution in [0.3, 0.4) is 0 Å². The van der Waals surface area contributed by atoms with Gasteiger partial charge in [-0.3, -0.25) is 0 Å². The molecule has 1 aromatic carbocycles. The van der Waals surface area contributed by atoms with Gasteiger partial charge in [-0.05, 0) is 23.1 Å². The van der Waals surface area contributed by atoms with Crippen molar-refractivity contribution in [3.8, 4) is 11.8 Å². The summed E-state index contributed by atoms with van der Waals surface area (Å²) in [6.07, 6.45) is 1.01. The zero-order valence-corrected chi connectivity index (χ0v) is 11.1. The van der Waals surface area contributed by atoms with Crippen molar-refractivity contribution in [3.63, 3.8) is 0 Å². The number of hydrogen-bond donors (Lipinski definition) is 1. The van der Waals surface area contributed by atoms with Crippen molar-refractivity contribution < 1.29 is 4.74 Å². The van der Waals surface area contributed by atoms with Crippen LogP contribution in [-0.4, -0.2) is 13.2 Å². The molecule has 18 heavy (non-hydrogen) atoms. The van der Waals surface area contributed by atoms with Gasteiger partial charge in [0.15, 0.2) is 0 Å². The number of fused-ring (bicyclic) bond motifs is 1. The fourth-order valence-corrected chi connectivity index (χ4v) is 2.15. The van der Waals surface area contributed by atoms with Gasteiger partial charge >= 0.3 is 0 Å². The molecule has 0 fully saturated rings. The SMILES string of the molecule is CC(C)C(C#N)CNCc1ccc2c(c1)CCO2. The summed E-state index contributed by atoms with van der Waals surface area (Å²) < 4.78 is 5.48. The Balaban J connectivity index is 1.86. The van der Waals surface area contributed by atoms with Gasteiger partial charge in [-0.15, -0.1) is 0 Å². The maximum Gasteiger partial charge on any atom is 0.122 e. The molecule has 0 bridgehead atoms. The van der Waals surface area contributed by atoms with Crippen molar-refractivity contribution in [2.45, 2.75) is 26.8 Å². The van der Waals surface area contributed by atoms with Gasteiger partial charge in [0.2, 0.25) is 0 Å². The molecule has 3 heteroatoms. The van der Waals surface area contributed by atoms with Gasteiger partial charge in [0.05, 0.1) is 18.6 Å². The first kappa shape index (κ1) is 12.9. The summed E-state index contributed by atoms with van der Waals surface area (Å²) in [5.74, 6) is 1.51. The van der Waals surface area contributed by atoms with E-state index >= 15 is 0 Å². The van der Waals surface area contributed by atoms with Crippen LogP contribution in [0.25, 0.3) is 0 Å². The highest BCUT2D eigenvalue weighted by atomic mass is 16.5. The predicted molar refractivity (Wildman–Crippen MR) is 71.3 cm³/mol. The molecule has 1 atom stereocenters. The largest absolute Gasteiger partial charge is 0.493 e. The summed E-state index contributed by atoms with van der Waals surface area (Å²) >= 11 is 0. The van der Waals surface area contributed by atoms with Crippen molar-refractivity contribution in [2.24, 2.45) is 11.8 Å². The van der Waals surface area contributed by atoms with Crippen LogP contribution < -0.4 is 10.1 Å². The molecule has 0 amide bonds. The molecule has 1 N–H and O–H groups in total. The maximum atomic E-state index is 9.01. The zero-order chi connectivity index (χ0) is 13.0. The van der Waals surface area contributed by atoms with Gasteiger partial charge in [-0.25, -0.2) is 0 Å². The second kappa shape index (κ2) is 5.88. The number of hydrogen-bond acceptors (Lipinski definition) is 3. The lowest BCUT2D eigenvalue weighted by atomic mass is 9.97. The molecule has 0 spiro atoms. The Morgan fingerprint density at radius 3 is 3.00 bits per heavy atom. The van der Waals surface area contributed by atoms with E-state index < -0.39 is 0 Å². The van der Waals surface area contributed by atoms with Crippen LogP contribution in [0.5, 0.6) is 5.75 Å². The molecule has 0 saturated heterocycles. The summed E-state index contributed by atoms with van der Waals surface area (Å²) in [6.45, 7) is 6.54. The number of nitrogens with one attached hydrogen (secondary N) is 1. The zero-order valence-electron chi connectivity index (χ0n) is 11.1. The first-order valence-corrected chi connectivity index (χ1v) is 6.55. The fraction of sp³-hybridized carbons (Fsp3) is 0.533. The second-order valence-corrected chi connectivity index (χ2v) is 5.15. The average molecular weight is 244 g/mol. The molecule has 1 unspecified atom stereocenters. The molecule has 96 valence electrons. The number of nitriles is 1. The minimum absolute atomic E-state index is 0.0859. The van der Waals surface area contributed by atoms with Gasteiger partial charge in [0.25, 0.3) is 0 Å². The summed E-state index contributed by atoms with van der Waals surface area (Å²) in [4.78, 5) is 0. The Morgan fingerprint density at radius 2 is 2.28 bits per heavy atom. The van der Waals surface area contributed by atoms with E-state index in [1.165, 1.54) is 11.1 Å².